The average Bonchev–Trinajstić information content (AvgIpc) is 2.13. The second-order valence-electron chi connectivity index (χ2n) is 4.01. The van der Waals surface area contributed by atoms with Gasteiger partial charge < -0.3 is 9.63 Å². The van der Waals surface area contributed by atoms with E-state index in [0.29, 0.717) is 13.0 Å². The van der Waals surface area contributed by atoms with Crippen molar-refractivity contribution in [2.45, 2.75) is 45.9 Å². The number of nitrogens with two attached hydrogens (primary N) is 1. The Hall–Kier alpha value is -0.280. The van der Waals surface area contributed by atoms with Crippen LogP contribution in [0.2, 0.25) is 0 Å². The van der Waals surface area contributed by atoms with Gasteiger partial charge in [-0.25, -0.2) is 4.62 Å². The van der Waals surface area contributed by atoms with Crippen molar-refractivity contribution in [2.75, 3.05) is 6.61 Å². The summed E-state index contributed by atoms with van der Waals surface area (Å²) in [6.07, 6.45) is 0.311. The van der Waals surface area contributed by atoms with Gasteiger partial charge in [0.1, 0.15) is 5.72 Å². The second kappa shape index (κ2) is 7.13. The highest BCUT2D eigenvalue weighted by atomic mass is 31.2. The summed E-state index contributed by atoms with van der Waals surface area (Å²) in [6, 6.07) is 1.99. The molecular weight excluding hydrogens is 229 g/mol. The van der Waals surface area contributed by atoms with Gasteiger partial charge in [-0.15, -0.1) is 5.06 Å². The SMILES string of the molecule is CC(C)N(OP(N)O)C(C)(C)OCCC#N. The van der Waals surface area contributed by atoms with E-state index in [9.17, 15) is 0 Å². The smallest absolute Gasteiger partial charge is 0.268 e. The van der Waals surface area contributed by atoms with Crippen LogP contribution in [0.4, 0.5) is 0 Å². The van der Waals surface area contributed by atoms with E-state index in [1.165, 1.54) is 5.06 Å². The molecular formula is C9H20N3O3P. The molecule has 6 nitrogen and oxygen atoms in total. The van der Waals surface area contributed by atoms with Gasteiger partial charge in [0.05, 0.1) is 19.1 Å². The molecule has 0 bridgehead atoms. The first-order valence-corrected chi connectivity index (χ1v) is 6.31. The highest BCUT2D eigenvalue weighted by molar-refractivity contribution is 7.43. The first kappa shape index (κ1) is 15.7. The predicted molar refractivity (Wildman–Crippen MR) is 61.6 cm³/mol. The van der Waals surface area contributed by atoms with Gasteiger partial charge >= 0.3 is 0 Å². The van der Waals surface area contributed by atoms with Gasteiger partial charge in [0.15, 0.2) is 0 Å². The third kappa shape index (κ3) is 5.71. The molecule has 0 saturated heterocycles. The van der Waals surface area contributed by atoms with Crippen molar-refractivity contribution in [3.8, 4) is 6.07 Å². The molecule has 0 heterocycles. The Balaban J connectivity index is 4.44. The number of nitriles is 1. The molecule has 0 aromatic carbocycles. The van der Waals surface area contributed by atoms with Crippen molar-refractivity contribution in [1.29, 1.82) is 5.26 Å². The maximum atomic E-state index is 9.08. The van der Waals surface area contributed by atoms with E-state index in [1.807, 2.05) is 19.9 Å². The summed E-state index contributed by atoms with van der Waals surface area (Å²) in [6.45, 7) is 7.69. The Morgan fingerprint density at radius 3 is 2.50 bits per heavy atom. The number of hydrogen-bond acceptors (Lipinski definition) is 6. The fourth-order valence-corrected chi connectivity index (χ4v) is 1.88. The lowest BCUT2D eigenvalue weighted by atomic mass is 10.2. The Labute approximate surface area is 97.9 Å². The number of nitrogens with zero attached hydrogens (tertiary/aromatic N) is 2. The first-order valence-electron chi connectivity index (χ1n) is 5.03. The summed E-state index contributed by atoms with van der Waals surface area (Å²) in [4.78, 5) is 9.08. The Kier molecular flexibility index (Phi) is 7.00. The highest BCUT2D eigenvalue weighted by Gasteiger charge is 2.32. The largest absolute Gasteiger partial charge is 0.358 e. The third-order valence-electron chi connectivity index (χ3n) is 1.84. The molecule has 0 fully saturated rings. The zero-order valence-electron chi connectivity index (χ0n) is 10.2. The van der Waals surface area contributed by atoms with Gasteiger partial charge in [-0.1, -0.05) is 0 Å². The van der Waals surface area contributed by atoms with Crippen LogP contribution in [0.5, 0.6) is 0 Å². The molecule has 0 rings (SSSR count). The second-order valence-corrected chi connectivity index (χ2v) is 4.78. The maximum Gasteiger partial charge on any atom is 0.268 e. The number of rotatable bonds is 7. The molecule has 94 valence electrons. The molecule has 3 N–H and O–H groups in total. The van der Waals surface area contributed by atoms with Crippen molar-refractivity contribution < 1.29 is 14.3 Å². The quantitative estimate of drug-likeness (QED) is 0.307. The summed E-state index contributed by atoms with van der Waals surface area (Å²) < 4.78 is 10.6. The van der Waals surface area contributed by atoms with E-state index >= 15 is 0 Å². The van der Waals surface area contributed by atoms with Crippen LogP contribution >= 0.6 is 8.53 Å². The first-order chi connectivity index (χ1) is 7.31. The molecule has 0 aliphatic rings. The summed E-state index contributed by atoms with van der Waals surface area (Å²) in [5.41, 5.74) is 4.49. The van der Waals surface area contributed by atoms with Gasteiger partial charge in [-0.3, -0.25) is 5.50 Å². The minimum Gasteiger partial charge on any atom is -0.358 e. The van der Waals surface area contributed by atoms with Gasteiger partial charge in [0.2, 0.25) is 0 Å². The van der Waals surface area contributed by atoms with E-state index in [1.54, 1.807) is 13.8 Å². The van der Waals surface area contributed by atoms with E-state index < -0.39 is 14.3 Å². The van der Waals surface area contributed by atoms with Gasteiger partial charge in [-0.2, -0.15) is 5.26 Å². The minimum absolute atomic E-state index is 0.00205. The van der Waals surface area contributed by atoms with Crippen LogP contribution in [0.15, 0.2) is 0 Å². The molecule has 0 aromatic rings. The molecule has 0 aliphatic carbocycles. The van der Waals surface area contributed by atoms with Gasteiger partial charge in [-0.05, 0) is 27.7 Å². The fourth-order valence-electron chi connectivity index (χ4n) is 1.31. The van der Waals surface area contributed by atoms with Crippen molar-refractivity contribution in [1.82, 2.24) is 5.06 Å². The number of hydrogen-bond donors (Lipinski definition) is 2. The average molecular weight is 249 g/mol. The lowest BCUT2D eigenvalue weighted by Crippen LogP contribution is -2.49. The molecule has 0 saturated carbocycles. The van der Waals surface area contributed by atoms with Crippen molar-refractivity contribution in [2.24, 2.45) is 5.50 Å². The molecule has 0 aliphatic heterocycles. The standard InChI is InChI=1S/C9H20N3O3P/c1-8(2)12(15-16(11)13)9(3,4)14-7-5-6-10/h8,13H,5,7,11H2,1-4H3. The number of ether oxygens (including phenoxy) is 1. The molecule has 16 heavy (non-hydrogen) atoms. The molecule has 0 spiro atoms. The summed E-state index contributed by atoms with van der Waals surface area (Å²) in [5, 5.41) is 9.92. The monoisotopic (exact) mass is 249 g/mol. The van der Waals surface area contributed by atoms with Gasteiger partial charge in [0, 0.05) is 6.04 Å². The van der Waals surface area contributed by atoms with Crippen molar-refractivity contribution in [3.63, 3.8) is 0 Å². The van der Waals surface area contributed by atoms with Crippen LogP contribution in [0.25, 0.3) is 0 Å². The van der Waals surface area contributed by atoms with Gasteiger partial charge in [0.25, 0.3) is 8.53 Å². The highest BCUT2D eigenvalue weighted by Crippen LogP contribution is 2.30. The summed E-state index contributed by atoms with van der Waals surface area (Å²) in [7, 11) is -1.97. The molecule has 7 heteroatoms. The Bertz CT molecular complexity index is 241. The Morgan fingerprint density at radius 2 is 2.12 bits per heavy atom. The van der Waals surface area contributed by atoms with Crippen LogP contribution in [0.3, 0.4) is 0 Å². The zero-order chi connectivity index (χ0) is 12.8. The van der Waals surface area contributed by atoms with Crippen LogP contribution in [0.1, 0.15) is 34.1 Å². The molecule has 1 unspecified atom stereocenters. The van der Waals surface area contributed by atoms with Crippen LogP contribution < -0.4 is 5.50 Å². The van der Waals surface area contributed by atoms with Crippen LogP contribution in [-0.2, 0) is 9.36 Å². The topological polar surface area (TPSA) is 91.7 Å². The van der Waals surface area contributed by atoms with Crippen molar-refractivity contribution in [3.05, 3.63) is 0 Å². The third-order valence-corrected chi connectivity index (χ3v) is 2.18. The maximum absolute atomic E-state index is 9.08. The lowest BCUT2D eigenvalue weighted by molar-refractivity contribution is -0.261. The molecule has 0 amide bonds. The fraction of sp³-hybridized carbons (Fsp3) is 0.889. The predicted octanol–water partition coefficient (Wildman–Crippen LogP) is 1.47. The van der Waals surface area contributed by atoms with Crippen molar-refractivity contribution >= 4 is 8.53 Å². The minimum atomic E-state index is -1.97. The molecule has 1 atom stereocenters. The Morgan fingerprint density at radius 1 is 1.56 bits per heavy atom. The summed E-state index contributed by atoms with van der Waals surface area (Å²) >= 11 is 0. The van der Waals surface area contributed by atoms with Crippen LogP contribution in [-0.4, -0.2) is 28.3 Å². The molecule has 0 radical (unpaired) electrons. The normalized spacial score (nSPS) is 14.2. The number of hydroxylamine groups is 2. The van der Waals surface area contributed by atoms with Crippen LogP contribution in [0, 0.1) is 11.3 Å². The lowest BCUT2D eigenvalue weighted by Gasteiger charge is -2.39. The summed E-state index contributed by atoms with van der Waals surface area (Å²) in [5.74, 6) is 0. The zero-order valence-corrected chi connectivity index (χ0v) is 11.1. The van der Waals surface area contributed by atoms with E-state index in [0.717, 1.165) is 0 Å². The van der Waals surface area contributed by atoms with E-state index in [4.69, 9.17) is 25.0 Å². The van der Waals surface area contributed by atoms with E-state index in [2.05, 4.69) is 0 Å². The van der Waals surface area contributed by atoms with E-state index in [-0.39, 0.29) is 6.04 Å². The molecule has 0 aromatic heterocycles.